The Morgan fingerprint density at radius 1 is 1.00 bits per heavy atom. The largest absolute Gasteiger partial charge is 0.497 e. The van der Waals surface area contributed by atoms with Crippen LogP contribution in [0.5, 0.6) is 11.5 Å². The number of rotatable bonds is 4. The monoisotopic (exact) mass is 356 g/mol. The predicted molar refractivity (Wildman–Crippen MR) is 79.7 cm³/mol. The second-order valence-corrected chi connectivity index (χ2v) is 6.55. The molecule has 6 heteroatoms. The van der Waals surface area contributed by atoms with E-state index in [-0.39, 0.29) is 10.6 Å². The molecule has 0 aromatic heterocycles. The maximum absolute atomic E-state index is 12.3. The van der Waals surface area contributed by atoms with Gasteiger partial charge in [0.05, 0.1) is 7.11 Å². The summed E-state index contributed by atoms with van der Waals surface area (Å²) in [7, 11) is -2.32. The van der Waals surface area contributed by atoms with E-state index in [0.29, 0.717) is 15.8 Å². The number of hydrogen-bond acceptors (Lipinski definition) is 4. The zero-order valence-electron chi connectivity index (χ0n) is 11.0. The van der Waals surface area contributed by atoms with Crippen LogP contribution in [0.15, 0.2) is 51.8 Å². The molecule has 0 saturated carbocycles. The summed E-state index contributed by atoms with van der Waals surface area (Å²) in [5, 5.41) is 0. The molecule has 0 radical (unpaired) electrons. The molecule has 0 amide bonds. The summed E-state index contributed by atoms with van der Waals surface area (Å²) in [4.78, 5) is 0.141. The molecule has 4 nitrogen and oxygen atoms in total. The highest BCUT2D eigenvalue weighted by Gasteiger charge is 2.19. The van der Waals surface area contributed by atoms with Crippen LogP contribution in [0.3, 0.4) is 0 Å². The molecule has 0 N–H and O–H groups in total. The highest BCUT2D eigenvalue weighted by molar-refractivity contribution is 9.10. The van der Waals surface area contributed by atoms with Crippen molar-refractivity contribution in [3.63, 3.8) is 0 Å². The van der Waals surface area contributed by atoms with Crippen LogP contribution >= 0.6 is 15.9 Å². The van der Waals surface area contributed by atoms with E-state index in [9.17, 15) is 8.42 Å². The van der Waals surface area contributed by atoms with Crippen molar-refractivity contribution < 1.29 is 17.3 Å². The average molecular weight is 357 g/mol. The Kier molecular flexibility index (Phi) is 4.35. The minimum atomic E-state index is -3.86. The fourth-order valence-corrected chi connectivity index (χ4v) is 3.35. The highest BCUT2D eigenvalue weighted by atomic mass is 79.9. The van der Waals surface area contributed by atoms with Crippen molar-refractivity contribution in [1.82, 2.24) is 0 Å². The number of ether oxygens (including phenoxy) is 1. The van der Waals surface area contributed by atoms with Crippen molar-refractivity contribution in [1.29, 1.82) is 0 Å². The smallest absolute Gasteiger partial charge is 0.339 e. The lowest BCUT2D eigenvalue weighted by Gasteiger charge is -2.10. The van der Waals surface area contributed by atoms with Gasteiger partial charge in [-0.05, 0) is 48.9 Å². The molecule has 20 heavy (non-hydrogen) atoms. The first-order valence-electron chi connectivity index (χ1n) is 5.77. The molecule has 0 heterocycles. The molecule has 106 valence electrons. The van der Waals surface area contributed by atoms with E-state index in [4.69, 9.17) is 8.92 Å². The maximum atomic E-state index is 12.3. The van der Waals surface area contributed by atoms with E-state index in [1.165, 1.54) is 13.2 Å². The number of benzene rings is 2. The lowest BCUT2D eigenvalue weighted by Crippen LogP contribution is -2.11. The summed E-state index contributed by atoms with van der Waals surface area (Å²) in [6.07, 6.45) is 0. The first-order chi connectivity index (χ1) is 9.42. The van der Waals surface area contributed by atoms with Crippen molar-refractivity contribution in [2.45, 2.75) is 11.8 Å². The van der Waals surface area contributed by atoms with Gasteiger partial charge in [-0.3, -0.25) is 0 Å². The highest BCUT2D eigenvalue weighted by Crippen LogP contribution is 2.25. The molecule has 0 atom stereocenters. The molecular weight excluding hydrogens is 344 g/mol. The van der Waals surface area contributed by atoms with Gasteiger partial charge in [-0.2, -0.15) is 8.42 Å². The zero-order chi connectivity index (χ0) is 14.8. The Morgan fingerprint density at radius 3 is 2.20 bits per heavy atom. The molecule has 0 bridgehead atoms. The SMILES string of the molecule is COc1ccc(OS(=O)(=O)c2cc(Br)ccc2C)cc1. The van der Waals surface area contributed by atoms with Crippen molar-refractivity contribution in [3.05, 3.63) is 52.5 Å². The summed E-state index contributed by atoms with van der Waals surface area (Å²) in [5.41, 5.74) is 0.627. The van der Waals surface area contributed by atoms with Crippen LogP contribution in [0.4, 0.5) is 0 Å². The van der Waals surface area contributed by atoms with Gasteiger partial charge in [0.2, 0.25) is 0 Å². The number of hydrogen-bond donors (Lipinski definition) is 0. The Morgan fingerprint density at radius 2 is 1.60 bits per heavy atom. The lowest BCUT2D eigenvalue weighted by molar-refractivity contribution is 0.413. The summed E-state index contributed by atoms with van der Waals surface area (Å²) in [6.45, 7) is 1.72. The van der Waals surface area contributed by atoms with Gasteiger partial charge in [-0.25, -0.2) is 0 Å². The van der Waals surface area contributed by atoms with E-state index in [1.54, 1.807) is 43.3 Å². The maximum Gasteiger partial charge on any atom is 0.339 e. The van der Waals surface area contributed by atoms with Gasteiger partial charge in [0.15, 0.2) is 0 Å². The van der Waals surface area contributed by atoms with Crippen LogP contribution in [-0.4, -0.2) is 15.5 Å². The molecule has 0 spiro atoms. The summed E-state index contributed by atoms with van der Waals surface area (Å²) in [5.74, 6) is 0.874. The second-order valence-electron chi connectivity index (χ2n) is 4.12. The first-order valence-corrected chi connectivity index (χ1v) is 7.97. The number of halogens is 1. The third kappa shape index (κ3) is 3.32. The molecule has 2 aromatic rings. The Bertz CT molecular complexity index is 708. The quantitative estimate of drug-likeness (QED) is 0.786. The number of aryl methyl sites for hydroxylation is 1. The van der Waals surface area contributed by atoms with Crippen molar-refractivity contribution >= 4 is 26.0 Å². The van der Waals surface area contributed by atoms with Crippen molar-refractivity contribution in [2.75, 3.05) is 7.11 Å². The molecule has 2 aromatic carbocycles. The summed E-state index contributed by atoms with van der Waals surface area (Å²) < 4.78 is 35.3. The van der Waals surface area contributed by atoms with Gasteiger partial charge in [0.1, 0.15) is 16.4 Å². The van der Waals surface area contributed by atoms with Crippen LogP contribution in [0.25, 0.3) is 0 Å². The number of methoxy groups -OCH3 is 1. The van der Waals surface area contributed by atoms with Gasteiger partial charge in [-0.1, -0.05) is 22.0 Å². The standard InChI is InChI=1S/C14H13BrO4S/c1-10-3-4-11(15)9-14(10)20(16,17)19-13-7-5-12(18-2)6-8-13/h3-9H,1-2H3. The van der Waals surface area contributed by atoms with Crippen LogP contribution in [0.2, 0.25) is 0 Å². The van der Waals surface area contributed by atoms with Gasteiger partial charge < -0.3 is 8.92 Å². The summed E-state index contributed by atoms with van der Waals surface area (Å²) in [6, 6.07) is 11.4. The van der Waals surface area contributed by atoms with Crippen molar-refractivity contribution in [2.24, 2.45) is 0 Å². The van der Waals surface area contributed by atoms with Crippen LogP contribution in [0.1, 0.15) is 5.56 Å². The second kappa shape index (κ2) is 5.85. The van der Waals surface area contributed by atoms with Crippen molar-refractivity contribution in [3.8, 4) is 11.5 Å². The molecule has 0 fully saturated rings. The molecule has 0 unspecified atom stereocenters. The minimum absolute atomic E-state index is 0.141. The lowest BCUT2D eigenvalue weighted by atomic mass is 10.2. The van der Waals surface area contributed by atoms with Crippen LogP contribution in [0, 0.1) is 6.92 Å². The molecule has 2 rings (SSSR count). The molecule has 0 aliphatic heterocycles. The first kappa shape index (κ1) is 14.9. The molecule has 0 aliphatic carbocycles. The Labute approximate surface area is 126 Å². The fraction of sp³-hybridized carbons (Fsp3) is 0.143. The minimum Gasteiger partial charge on any atom is -0.497 e. The van der Waals surface area contributed by atoms with Crippen LogP contribution < -0.4 is 8.92 Å². The fourth-order valence-electron chi connectivity index (χ4n) is 1.65. The average Bonchev–Trinajstić information content (AvgIpc) is 2.42. The summed E-state index contributed by atoms with van der Waals surface area (Å²) >= 11 is 3.26. The zero-order valence-corrected chi connectivity index (χ0v) is 13.4. The Hall–Kier alpha value is -1.53. The van der Waals surface area contributed by atoms with E-state index >= 15 is 0 Å². The topological polar surface area (TPSA) is 52.6 Å². The normalized spacial score (nSPS) is 11.2. The van der Waals surface area contributed by atoms with E-state index in [1.807, 2.05) is 0 Å². The van der Waals surface area contributed by atoms with Gasteiger partial charge in [-0.15, -0.1) is 0 Å². The van der Waals surface area contributed by atoms with E-state index in [2.05, 4.69) is 15.9 Å². The third-order valence-electron chi connectivity index (χ3n) is 2.68. The van der Waals surface area contributed by atoms with Gasteiger partial charge in [0.25, 0.3) is 0 Å². The molecular formula is C14H13BrO4S. The van der Waals surface area contributed by atoms with E-state index in [0.717, 1.165) is 0 Å². The van der Waals surface area contributed by atoms with Gasteiger partial charge in [0, 0.05) is 4.47 Å². The van der Waals surface area contributed by atoms with E-state index < -0.39 is 10.1 Å². The Balaban J connectivity index is 2.32. The van der Waals surface area contributed by atoms with Crippen LogP contribution in [-0.2, 0) is 10.1 Å². The molecule has 0 aliphatic rings. The van der Waals surface area contributed by atoms with Gasteiger partial charge >= 0.3 is 10.1 Å². The predicted octanol–water partition coefficient (Wildman–Crippen LogP) is 3.53. The molecule has 0 saturated heterocycles. The third-order valence-corrected chi connectivity index (χ3v) is 4.57.